The molecule has 1 aromatic rings. The monoisotopic (exact) mass is 349 g/mol. The van der Waals surface area contributed by atoms with Crippen LogP contribution >= 0.6 is 24.0 Å². The van der Waals surface area contributed by atoms with Crippen molar-refractivity contribution in [2.75, 3.05) is 13.7 Å². The Hall–Kier alpha value is -0.980. The van der Waals surface area contributed by atoms with Gasteiger partial charge >= 0.3 is 0 Å². The van der Waals surface area contributed by atoms with Crippen LogP contribution in [0.4, 0.5) is 0 Å². The average molecular weight is 349 g/mol. The first-order chi connectivity index (χ1) is 7.76. The van der Waals surface area contributed by atoms with Crippen molar-refractivity contribution >= 4 is 29.9 Å². The SMILES string of the molecule is CCCNC(N)=NCc1cccc(OC)c1.I. The summed E-state index contributed by atoms with van der Waals surface area (Å²) in [5, 5.41) is 3.03. The summed E-state index contributed by atoms with van der Waals surface area (Å²) in [6.07, 6.45) is 1.04. The minimum Gasteiger partial charge on any atom is -0.497 e. The molecule has 1 aromatic carbocycles. The molecule has 1 rings (SSSR count). The fourth-order valence-electron chi connectivity index (χ4n) is 1.26. The molecule has 0 saturated carbocycles. The van der Waals surface area contributed by atoms with E-state index in [0.29, 0.717) is 12.5 Å². The number of benzene rings is 1. The van der Waals surface area contributed by atoms with E-state index in [2.05, 4.69) is 17.2 Å². The predicted molar refractivity (Wildman–Crippen MR) is 82.0 cm³/mol. The maximum absolute atomic E-state index is 5.69. The fourth-order valence-corrected chi connectivity index (χ4v) is 1.26. The smallest absolute Gasteiger partial charge is 0.188 e. The third-order valence-corrected chi connectivity index (χ3v) is 2.12. The van der Waals surface area contributed by atoms with Crippen LogP contribution in [0.25, 0.3) is 0 Å². The normalized spacial score (nSPS) is 10.6. The minimum atomic E-state index is 0. The number of ether oxygens (including phenoxy) is 1. The van der Waals surface area contributed by atoms with Crippen LogP contribution in [0.15, 0.2) is 29.3 Å². The molecule has 0 unspecified atom stereocenters. The van der Waals surface area contributed by atoms with Crippen LogP contribution in [-0.4, -0.2) is 19.6 Å². The number of hydrogen-bond donors (Lipinski definition) is 2. The highest BCUT2D eigenvalue weighted by Crippen LogP contribution is 2.12. The molecule has 0 spiro atoms. The molecule has 0 aliphatic rings. The van der Waals surface area contributed by atoms with Crippen molar-refractivity contribution in [2.45, 2.75) is 19.9 Å². The van der Waals surface area contributed by atoms with Gasteiger partial charge in [-0.3, -0.25) is 0 Å². The molecule has 0 saturated heterocycles. The van der Waals surface area contributed by atoms with E-state index < -0.39 is 0 Å². The lowest BCUT2D eigenvalue weighted by atomic mass is 10.2. The Morgan fingerprint density at radius 1 is 1.47 bits per heavy atom. The van der Waals surface area contributed by atoms with Gasteiger partial charge in [0.15, 0.2) is 5.96 Å². The second-order valence-electron chi connectivity index (χ2n) is 3.48. The van der Waals surface area contributed by atoms with E-state index in [-0.39, 0.29) is 24.0 Å². The van der Waals surface area contributed by atoms with E-state index in [1.54, 1.807) is 7.11 Å². The van der Waals surface area contributed by atoms with Gasteiger partial charge in [0.05, 0.1) is 13.7 Å². The summed E-state index contributed by atoms with van der Waals surface area (Å²) < 4.78 is 5.13. The largest absolute Gasteiger partial charge is 0.497 e. The first kappa shape index (κ1) is 16.0. The number of methoxy groups -OCH3 is 1. The van der Waals surface area contributed by atoms with Crippen molar-refractivity contribution in [3.8, 4) is 5.75 Å². The van der Waals surface area contributed by atoms with E-state index in [1.807, 2.05) is 24.3 Å². The second kappa shape index (κ2) is 9.09. The standard InChI is InChI=1S/C12H19N3O.HI/c1-3-7-14-12(13)15-9-10-5-4-6-11(8-10)16-2;/h4-6,8H,3,7,9H2,1-2H3,(H3,13,14,15);1H. The van der Waals surface area contributed by atoms with Gasteiger partial charge in [0.1, 0.15) is 5.75 Å². The lowest BCUT2D eigenvalue weighted by Gasteiger charge is -2.04. The molecule has 0 amide bonds. The number of halogens is 1. The zero-order valence-corrected chi connectivity index (χ0v) is 12.6. The summed E-state index contributed by atoms with van der Waals surface area (Å²) in [5.41, 5.74) is 6.77. The Kier molecular flexibility index (Phi) is 8.57. The van der Waals surface area contributed by atoms with Crippen molar-refractivity contribution in [2.24, 2.45) is 10.7 Å². The van der Waals surface area contributed by atoms with Gasteiger partial charge < -0.3 is 15.8 Å². The Labute approximate surface area is 120 Å². The van der Waals surface area contributed by atoms with Crippen molar-refractivity contribution in [1.29, 1.82) is 0 Å². The molecular formula is C12H20IN3O. The Bertz CT molecular complexity index is 355. The number of nitrogens with one attached hydrogen (secondary N) is 1. The maximum atomic E-state index is 5.69. The number of nitrogens with zero attached hydrogens (tertiary/aromatic N) is 1. The van der Waals surface area contributed by atoms with Crippen LogP contribution in [0.5, 0.6) is 5.75 Å². The highest BCUT2D eigenvalue weighted by Gasteiger charge is 1.95. The average Bonchev–Trinajstić information content (AvgIpc) is 2.34. The van der Waals surface area contributed by atoms with Crippen LogP contribution < -0.4 is 15.8 Å². The molecule has 0 fully saturated rings. The third kappa shape index (κ3) is 6.35. The minimum absolute atomic E-state index is 0. The molecule has 0 heterocycles. The Balaban J connectivity index is 0.00000256. The summed E-state index contributed by atoms with van der Waals surface area (Å²) >= 11 is 0. The van der Waals surface area contributed by atoms with Gasteiger partial charge in [-0.15, -0.1) is 24.0 Å². The van der Waals surface area contributed by atoms with Crippen molar-refractivity contribution < 1.29 is 4.74 Å². The molecule has 4 nitrogen and oxygen atoms in total. The molecule has 5 heteroatoms. The van der Waals surface area contributed by atoms with Crippen molar-refractivity contribution in [3.63, 3.8) is 0 Å². The van der Waals surface area contributed by atoms with Gasteiger partial charge in [-0.1, -0.05) is 19.1 Å². The molecule has 17 heavy (non-hydrogen) atoms. The van der Waals surface area contributed by atoms with Crippen LogP contribution in [0.1, 0.15) is 18.9 Å². The third-order valence-electron chi connectivity index (χ3n) is 2.12. The van der Waals surface area contributed by atoms with E-state index in [1.165, 1.54) is 0 Å². The summed E-state index contributed by atoms with van der Waals surface area (Å²) in [4.78, 5) is 4.24. The van der Waals surface area contributed by atoms with E-state index >= 15 is 0 Å². The number of aliphatic imine (C=N–C) groups is 1. The Morgan fingerprint density at radius 3 is 2.88 bits per heavy atom. The molecule has 3 N–H and O–H groups in total. The number of rotatable bonds is 5. The lowest BCUT2D eigenvalue weighted by molar-refractivity contribution is 0.414. The number of hydrogen-bond acceptors (Lipinski definition) is 2. The lowest BCUT2D eigenvalue weighted by Crippen LogP contribution is -2.32. The molecule has 0 aliphatic heterocycles. The maximum Gasteiger partial charge on any atom is 0.188 e. The van der Waals surface area contributed by atoms with Crippen molar-refractivity contribution in [3.05, 3.63) is 29.8 Å². The molecule has 0 radical (unpaired) electrons. The highest BCUT2D eigenvalue weighted by molar-refractivity contribution is 14.0. The second-order valence-corrected chi connectivity index (χ2v) is 3.48. The molecule has 0 aromatic heterocycles. The zero-order valence-electron chi connectivity index (χ0n) is 10.3. The molecule has 0 atom stereocenters. The molecule has 0 aliphatic carbocycles. The molecule has 96 valence electrons. The predicted octanol–water partition coefficient (Wildman–Crippen LogP) is 2.13. The van der Waals surface area contributed by atoms with Gasteiger partial charge in [0.2, 0.25) is 0 Å². The molecule has 0 bridgehead atoms. The first-order valence-corrected chi connectivity index (χ1v) is 5.43. The fraction of sp³-hybridized carbons (Fsp3) is 0.417. The number of guanidine groups is 1. The van der Waals surface area contributed by atoms with Gasteiger partial charge in [0, 0.05) is 6.54 Å². The van der Waals surface area contributed by atoms with Gasteiger partial charge in [-0.2, -0.15) is 0 Å². The topological polar surface area (TPSA) is 59.6 Å². The Morgan fingerprint density at radius 2 is 2.24 bits per heavy atom. The molecular weight excluding hydrogens is 329 g/mol. The summed E-state index contributed by atoms with van der Waals surface area (Å²) in [6, 6.07) is 7.81. The van der Waals surface area contributed by atoms with E-state index in [4.69, 9.17) is 10.5 Å². The van der Waals surface area contributed by atoms with Crippen LogP contribution in [0, 0.1) is 0 Å². The van der Waals surface area contributed by atoms with Gasteiger partial charge in [-0.05, 0) is 24.1 Å². The van der Waals surface area contributed by atoms with E-state index in [9.17, 15) is 0 Å². The van der Waals surface area contributed by atoms with Crippen LogP contribution in [-0.2, 0) is 6.54 Å². The van der Waals surface area contributed by atoms with Crippen LogP contribution in [0.3, 0.4) is 0 Å². The van der Waals surface area contributed by atoms with Crippen LogP contribution in [0.2, 0.25) is 0 Å². The summed E-state index contributed by atoms with van der Waals surface area (Å²) in [5.74, 6) is 1.33. The van der Waals surface area contributed by atoms with Crippen molar-refractivity contribution in [1.82, 2.24) is 5.32 Å². The summed E-state index contributed by atoms with van der Waals surface area (Å²) in [6.45, 7) is 3.51. The summed E-state index contributed by atoms with van der Waals surface area (Å²) in [7, 11) is 1.65. The zero-order chi connectivity index (χ0) is 11.8. The highest BCUT2D eigenvalue weighted by atomic mass is 127. The van der Waals surface area contributed by atoms with E-state index in [0.717, 1.165) is 24.3 Å². The van der Waals surface area contributed by atoms with Gasteiger partial charge in [-0.25, -0.2) is 4.99 Å². The quantitative estimate of drug-likeness (QED) is 0.486. The van der Waals surface area contributed by atoms with Gasteiger partial charge in [0.25, 0.3) is 0 Å². The first-order valence-electron chi connectivity index (χ1n) is 5.43. The number of nitrogens with two attached hydrogens (primary N) is 1.